The van der Waals surface area contributed by atoms with Crippen molar-refractivity contribution in [3.8, 4) is 11.5 Å². The van der Waals surface area contributed by atoms with Crippen molar-refractivity contribution in [1.82, 2.24) is 5.32 Å². The van der Waals surface area contributed by atoms with E-state index in [-0.39, 0.29) is 23.9 Å². The lowest BCUT2D eigenvalue weighted by atomic mass is 10.1. The summed E-state index contributed by atoms with van der Waals surface area (Å²) in [6.07, 6.45) is 0.554. The van der Waals surface area contributed by atoms with Gasteiger partial charge in [0.15, 0.2) is 11.5 Å². The van der Waals surface area contributed by atoms with Crippen molar-refractivity contribution in [2.24, 2.45) is 0 Å². The minimum Gasteiger partial charge on any atom is -0.493 e. The summed E-state index contributed by atoms with van der Waals surface area (Å²) in [5.74, 6) is 0.618. The Bertz CT molecular complexity index is 899. The lowest BCUT2D eigenvalue weighted by Gasteiger charge is -2.32. The average molecular weight is 367 g/mol. The molecule has 0 aliphatic carbocycles. The number of carbonyl (C=O) groups excluding carboxylic acids is 2. The number of nitrogens with zero attached hydrogens (tertiary/aromatic N) is 1. The zero-order chi connectivity index (χ0) is 19.0. The fourth-order valence-electron chi connectivity index (χ4n) is 3.83. The van der Waals surface area contributed by atoms with Gasteiger partial charge in [0.05, 0.1) is 31.2 Å². The maximum absolute atomic E-state index is 12.8. The van der Waals surface area contributed by atoms with E-state index >= 15 is 0 Å². The first-order valence-corrected chi connectivity index (χ1v) is 8.80. The van der Waals surface area contributed by atoms with Gasteiger partial charge in [0.2, 0.25) is 5.91 Å². The van der Waals surface area contributed by atoms with Gasteiger partial charge in [-0.2, -0.15) is 0 Å². The molecule has 2 amide bonds. The van der Waals surface area contributed by atoms with Crippen molar-refractivity contribution in [2.45, 2.75) is 18.5 Å². The zero-order valence-corrected chi connectivity index (χ0v) is 15.2. The van der Waals surface area contributed by atoms with Crippen LogP contribution in [0.2, 0.25) is 0 Å². The van der Waals surface area contributed by atoms with Gasteiger partial charge in [-0.1, -0.05) is 18.2 Å². The van der Waals surface area contributed by atoms with Gasteiger partial charge in [0.25, 0.3) is 5.91 Å². The summed E-state index contributed by atoms with van der Waals surface area (Å²) >= 11 is 0. The Kier molecular flexibility index (Phi) is 4.35. The van der Waals surface area contributed by atoms with Crippen LogP contribution in [0.15, 0.2) is 42.5 Å². The average Bonchev–Trinajstić information content (AvgIpc) is 3.11. The van der Waals surface area contributed by atoms with Crippen LogP contribution in [-0.4, -0.2) is 44.7 Å². The first kappa shape index (κ1) is 17.2. The van der Waals surface area contributed by atoms with Crippen LogP contribution in [0.5, 0.6) is 11.5 Å². The van der Waals surface area contributed by atoms with Gasteiger partial charge < -0.3 is 25.0 Å². The van der Waals surface area contributed by atoms with Gasteiger partial charge in [-0.05, 0) is 30.7 Å². The third kappa shape index (κ3) is 2.95. The smallest absolute Gasteiger partial charge is 0.255 e. The Balaban J connectivity index is 1.54. The number of benzene rings is 2. The SMILES string of the molecule is COc1cccc(C(=O)NC2CC3C(=O)Nc4ccccc4N3C2)c1OC. The van der Waals surface area contributed by atoms with Crippen LogP contribution < -0.4 is 25.0 Å². The van der Waals surface area contributed by atoms with Crippen molar-refractivity contribution in [2.75, 3.05) is 31.0 Å². The molecule has 1 fully saturated rings. The molecule has 2 aliphatic rings. The standard InChI is InChI=1S/C20H21N3O4/c1-26-17-9-5-6-13(18(17)27-2)19(24)21-12-10-16-20(25)22-14-7-3-4-8-15(14)23(16)11-12/h3-9,12,16H,10-11H2,1-2H3,(H,21,24)(H,22,25). The van der Waals surface area contributed by atoms with Crippen LogP contribution in [0, 0.1) is 0 Å². The monoisotopic (exact) mass is 367 g/mol. The number of nitrogens with one attached hydrogen (secondary N) is 2. The number of hydrogen-bond donors (Lipinski definition) is 2. The molecule has 2 heterocycles. The Morgan fingerprint density at radius 1 is 1.15 bits per heavy atom. The van der Waals surface area contributed by atoms with E-state index in [0.717, 1.165) is 11.4 Å². The van der Waals surface area contributed by atoms with Gasteiger partial charge in [-0.25, -0.2) is 0 Å². The van der Waals surface area contributed by atoms with E-state index in [2.05, 4.69) is 15.5 Å². The predicted octanol–water partition coefficient (Wildman–Crippen LogP) is 2.03. The third-order valence-corrected chi connectivity index (χ3v) is 5.06. The maximum atomic E-state index is 12.8. The molecule has 4 rings (SSSR count). The van der Waals surface area contributed by atoms with Crippen LogP contribution in [0.4, 0.5) is 11.4 Å². The Labute approximate surface area is 157 Å². The van der Waals surface area contributed by atoms with Gasteiger partial charge in [-0.15, -0.1) is 0 Å². The highest BCUT2D eigenvalue weighted by atomic mass is 16.5. The van der Waals surface area contributed by atoms with E-state index in [1.165, 1.54) is 14.2 Å². The Hall–Kier alpha value is -3.22. The number of ether oxygens (including phenoxy) is 2. The largest absolute Gasteiger partial charge is 0.493 e. The molecular formula is C20H21N3O4. The maximum Gasteiger partial charge on any atom is 0.255 e. The van der Waals surface area contributed by atoms with Crippen molar-refractivity contribution in [3.63, 3.8) is 0 Å². The topological polar surface area (TPSA) is 79.9 Å². The van der Waals surface area contributed by atoms with E-state index in [4.69, 9.17) is 9.47 Å². The van der Waals surface area contributed by atoms with E-state index in [0.29, 0.717) is 30.0 Å². The second kappa shape index (κ2) is 6.83. The second-order valence-corrected chi connectivity index (χ2v) is 6.62. The molecule has 0 aromatic heterocycles. The molecule has 2 N–H and O–H groups in total. The summed E-state index contributed by atoms with van der Waals surface area (Å²) in [6, 6.07) is 12.5. The quantitative estimate of drug-likeness (QED) is 0.864. The molecule has 7 nitrogen and oxygen atoms in total. The second-order valence-electron chi connectivity index (χ2n) is 6.62. The predicted molar refractivity (Wildman–Crippen MR) is 102 cm³/mol. The highest BCUT2D eigenvalue weighted by Crippen LogP contribution is 2.37. The Morgan fingerprint density at radius 2 is 1.96 bits per heavy atom. The van der Waals surface area contributed by atoms with Crippen LogP contribution in [0.1, 0.15) is 16.8 Å². The molecule has 2 unspecified atom stereocenters. The van der Waals surface area contributed by atoms with Gasteiger partial charge in [0.1, 0.15) is 6.04 Å². The molecular weight excluding hydrogens is 346 g/mol. The molecule has 2 aromatic rings. The van der Waals surface area contributed by atoms with Crippen LogP contribution in [0.25, 0.3) is 0 Å². The molecule has 2 aliphatic heterocycles. The number of rotatable bonds is 4. The molecule has 0 saturated carbocycles. The summed E-state index contributed by atoms with van der Waals surface area (Å²) in [6.45, 7) is 0.577. The highest BCUT2D eigenvalue weighted by molar-refractivity contribution is 6.04. The van der Waals surface area contributed by atoms with E-state index < -0.39 is 0 Å². The van der Waals surface area contributed by atoms with Crippen molar-refractivity contribution in [1.29, 1.82) is 0 Å². The molecule has 0 spiro atoms. The molecule has 2 aromatic carbocycles. The minimum absolute atomic E-state index is 0.0376. The Morgan fingerprint density at radius 3 is 2.74 bits per heavy atom. The van der Waals surface area contributed by atoms with Crippen molar-refractivity contribution < 1.29 is 19.1 Å². The molecule has 0 radical (unpaired) electrons. The molecule has 2 atom stereocenters. The van der Waals surface area contributed by atoms with Crippen LogP contribution in [0.3, 0.4) is 0 Å². The molecule has 7 heteroatoms. The number of anilines is 2. The first-order valence-electron chi connectivity index (χ1n) is 8.80. The molecule has 27 heavy (non-hydrogen) atoms. The number of carbonyl (C=O) groups is 2. The van der Waals surface area contributed by atoms with Crippen molar-refractivity contribution >= 4 is 23.2 Å². The van der Waals surface area contributed by atoms with Gasteiger partial charge >= 0.3 is 0 Å². The van der Waals surface area contributed by atoms with E-state index in [1.54, 1.807) is 18.2 Å². The molecule has 1 saturated heterocycles. The van der Waals surface area contributed by atoms with Crippen LogP contribution >= 0.6 is 0 Å². The summed E-state index contributed by atoms with van der Waals surface area (Å²) in [4.78, 5) is 27.3. The van der Waals surface area contributed by atoms with Gasteiger partial charge in [0, 0.05) is 12.6 Å². The normalized spacial score (nSPS) is 20.4. The minimum atomic E-state index is -0.280. The number of amides is 2. The number of hydrogen-bond acceptors (Lipinski definition) is 5. The number of para-hydroxylation sites is 3. The lowest BCUT2D eigenvalue weighted by Crippen LogP contribution is -2.44. The molecule has 0 bridgehead atoms. The summed E-state index contributed by atoms with van der Waals surface area (Å²) in [7, 11) is 3.04. The first-order chi connectivity index (χ1) is 13.1. The molecule has 140 valence electrons. The van der Waals surface area contributed by atoms with E-state index in [1.807, 2.05) is 24.3 Å². The van der Waals surface area contributed by atoms with E-state index in [9.17, 15) is 9.59 Å². The summed E-state index contributed by atoms with van der Waals surface area (Å²) in [5, 5.41) is 5.97. The van der Waals surface area contributed by atoms with Gasteiger partial charge in [-0.3, -0.25) is 9.59 Å². The van der Waals surface area contributed by atoms with Crippen molar-refractivity contribution in [3.05, 3.63) is 48.0 Å². The zero-order valence-electron chi connectivity index (χ0n) is 15.2. The number of methoxy groups -OCH3 is 2. The third-order valence-electron chi connectivity index (χ3n) is 5.06. The fraction of sp³-hybridized carbons (Fsp3) is 0.300. The highest BCUT2D eigenvalue weighted by Gasteiger charge is 2.41. The lowest BCUT2D eigenvalue weighted by molar-refractivity contribution is -0.117. The fourth-order valence-corrected chi connectivity index (χ4v) is 3.83. The summed E-state index contributed by atoms with van der Waals surface area (Å²) in [5.41, 5.74) is 2.20. The van der Waals surface area contributed by atoms with Crippen LogP contribution in [-0.2, 0) is 4.79 Å². The number of fused-ring (bicyclic) bond motifs is 3. The summed E-state index contributed by atoms with van der Waals surface area (Å²) < 4.78 is 10.6.